The SMILES string of the molecule is CCOC(=O)C[C@@]1(C(C)CC)OCCc2c1[nH]c1c(C)ccc(C#N)c21. The Morgan fingerprint density at radius 2 is 2.23 bits per heavy atom. The lowest BCUT2D eigenvalue weighted by Crippen LogP contribution is -2.43. The summed E-state index contributed by atoms with van der Waals surface area (Å²) < 4.78 is 11.5. The summed E-state index contributed by atoms with van der Waals surface area (Å²) in [7, 11) is 0. The Balaban J connectivity index is 2.25. The van der Waals surface area contributed by atoms with Gasteiger partial charge in [-0.3, -0.25) is 4.79 Å². The zero-order valence-electron chi connectivity index (χ0n) is 15.9. The van der Waals surface area contributed by atoms with Crippen LogP contribution in [0.1, 0.15) is 56.0 Å². The maximum absolute atomic E-state index is 12.4. The number of benzene rings is 1. The molecule has 1 aliphatic rings. The number of nitrogens with zero attached hydrogens (tertiary/aromatic N) is 1. The van der Waals surface area contributed by atoms with Crippen LogP contribution in [0.2, 0.25) is 0 Å². The molecule has 0 bridgehead atoms. The van der Waals surface area contributed by atoms with Crippen LogP contribution in [-0.2, 0) is 26.3 Å². The fourth-order valence-corrected chi connectivity index (χ4v) is 4.08. The lowest BCUT2D eigenvalue weighted by Gasteiger charge is -2.41. The summed E-state index contributed by atoms with van der Waals surface area (Å²) in [5.41, 5.74) is 4.02. The maximum atomic E-state index is 12.4. The molecule has 26 heavy (non-hydrogen) atoms. The molecular formula is C21H26N2O3. The normalized spacial score (nSPS) is 20.4. The summed E-state index contributed by atoms with van der Waals surface area (Å²) in [6, 6.07) is 6.14. The van der Waals surface area contributed by atoms with Crippen molar-refractivity contribution >= 4 is 16.9 Å². The second-order valence-electron chi connectivity index (χ2n) is 7.05. The molecule has 1 aliphatic heterocycles. The van der Waals surface area contributed by atoms with Gasteiger partial charge in [0.1, 0.15) is 5.60 Å². The minimum absolute atomic E-state index is 0.130. The van der Waals surface area contributed by atoms with Gasteiger partial charge in [0, 0.05) is 5.39 Å². The fraction of sp³-hybridized carbons (Fsp3) is 0.524. The molecule has 3 rings (SSSR count). The van der Waals surface area contributed by atoms with E-state index in [1.54, 1.807) is 0 Å². The van der Waals surface area contributed by atoms with Crippen LogP contribution >= 0.6 is 0 Å². The number of ether oxygens (including phenoxy) is 2. The van der Waals surface area contributed by atoms with Crippen molar-refractivity contribution in [3.63, 3.8) is 0 Å². The summed E-state index contributed by atoms with van der Waals surface area (Å²) in [6.07, 6.45) is 1.78. The minimum atomic E-state index is -0.743. The molecule has 0 saturated carbocycles. The highest BCUT2D eigenvalue weighted by molar-refractivity contribution is 5.93. The molecule has 0 saturated heterocycles. The van der Waals surface area contributed by atoms with E-state index in [4.69, 9.17) is 9.47 Å². The molecule has 1 N–H and O–H groups in total. The van der Waals surface area contributed by atoms with Gasteiger partial charge in [-0.1, -0.05) is 26.3 Å². The highest BCUT2D eigenvalue weighted by Crippen LogP contribution is 2.46. The Labute approximate surface area is 154 Å². The van der Waals surface area contributed by atoms with Crippen molar-refractivity contribution in [2.24, 2.45) is 5.92 Å². The number of fused-ring (bicyclic) bond motifs is 3. The van der Waals surface area contributed by atoms with Gasteiger partial charge in [-0.15, -0.1) is 0 Å². The van der Waals surface area contributed by atoms with Crippen LogP contribution < -0.4 is 0 Å². The number of hydrogen-bond donors (Lipinski definition) is 1. The first-order valence-electron chi connectivity index (χ1n) is 9.32. The number of aryl methyl sites for hydroxylation is 1. The lowest BCUT2D eigenvalue weighted by molar-refractivity contribution is -0.160. The van der Waals surface area contributed by atoms with E-state index in [1.807, 2.05) is 26.0 Å². The molecule has 0 aliphatic carbocycles. The van der Waals surface area contributed by atoms with E-state index in [0.29, 0.717) is 18.8 Å². The largest absolute Gasteiger partial charge is 0.466 e. The summed E-state index contributed by atoms with van der Waals surface area (Å²) in [4.78, 5) is 15.9. The molecule has 0 radical (unpaired) electrons. The molecule has 1 aromatic heterocycles. The monoisotopic (exact) mass is 354 g/mol. The average Bonchev–Trinajstić information content (AvgIpc) is 3.03. The number of aromatic nitrogens is 1. The van der Waals surface area contributed by atoms with Gasteiger partial charge < -0.3 is 14.5 Å². The number of carbonyl (C=O) groups is 1. The first kappa shape index (κ1) is 18.5. The number of esters is 1. The Kier molecular flexibility index (Phi) is 5.06. The summed E-state index contributed by atoms with van der Waals surface area (Å²) in [5, 5.41) is 10.6. The van der Waals surface area contributed by atoms with Crippen molar-refractivity contribution in [3.05, 3.63) is 34.5 Å². The number of nitriles is 1. The van der Waals surface area contributed by atoms with Crippen LogP contribution in [0.4, 0.5) is 0 Å². The summed E-state index contributed by atoms with van der Waals surface area (Å²) in [6.45, 7) is 8.94. The highest BCUT2D eigenvalue weighted by atomic mass is 16.5. The van der Waals surface area contributed by atoms with Gasteiger partial charge in [-0.25, -0.2) is 0 Å². The van der Waals surface area contributed by atoms with E-state index in [-0.39, 0.29) is 18.3 Å². The summed E-state index contributed by atoms with van der Waals surface area (Å²) >= 11 is 0. The number of carbonyl (C=O) groups excluding carboxylic acids is 1. The molecule has 1 aromatic carbocycles. The van der Waals surface area contributed by atoms with Gasteiger partial charge >= 0.3 is 5.97 Å². The van der Waals surface area contributed by atoms with E-state index >= 15 is 0 Å². The zero-order chi connectivity index (χ0) is 18.9. The molecule has 5 nitrogen and oxygen atoms in total. The Bertz CT molecular complexity index is 877. The summed E-state index contributed by atoms with van der Waals surface area (Å²) in [5.74, 6) is -0.124. The van der Waals surface area contributed by atoms with E-state index in [9.17, 15) is 10.1 Å². The first-order chi connectivity index (χ1) is 12.5. The van der Waals surface area contributed by atoms with Gasteiger partial charge in [0.05, 0.1) is 42.5 Å². The predicted octanol–water partition coefficient (Wildman–Crippen LogP) is 4.12. The van der Waals surface area contributed by atoms with Gasteiger partial charge in [0.2, 0.25) is 0 Å². The second-order valence-corrected chi connectivity index (χ2v) is 7.05. The molecule has 0 amide bonds. The number of hydrogen-bond acceptors (Lipinski definition) is 4. The third kappa shape index (κ3) is 2.79. The standard InChI is InChI=1S/C21H26N2O3/c1-5-14(4)21(11-17(24)25-6-2)20-16(9-10-26-21)18-15(12-22)8-7-13(3)19(18)23-20/h7-8,14,23H,5-6,9-11H2,1-4H3/t14?,21-/m0/s1. The first-order valence-corrected chi connectivity index (χ1v) is 9.32. The minimum Gasteiger partial charge on any atom is -0.466 e. The smallest absolute Gasteiger partial charge is 0.309 e. The number of nitrogens with one attached hydrogen (secondary N) is 1. The Morgan fingerprint density at radius 1 is 1.46 bits per heavy atom. The van der Waals surface area contributed by atoms with Crippen LogP contribution in [0.15, 0.2) is 12.1 Å². The molecule has 0 spiro atoms. The Morgan fingerprint density at radius 3 is 2.88 bits per heavy atom. The maximum Gasteiger partial charge on any atom is 0.309 e. The molecule has 2 atom stereocenters. The third-order valence-corrected chi connectivity index (χ3v) is 5.64. The van der Waals surface area contributed by atoms with Crippen LogP contribution in [0, 0.1) is 24.2 Å². The number of H-pyrrole nitrogens is 1. The molecule has 2 aromatic rings. The van der Waals surface area contributed by atoms with E-state index < -0.39 is 5.60 Å². The van der Waals surface area contributed by atoms with Gasteiger partial charge in [0.15, 0.2) is 0 Å². The van der Waals surface area contributed by atoms with Crippen LogP contribution in [-0.4, -0.2) is 24.2 Å². The van der Waals surface area contributed by atoms with Crippen molar-refractivity contribution in [2.45, 2.75) is 52.6 Å². The van der Waals surface area contributed by atoms with Crippen molar-refractivity contribution < 1.29 is 14.3 Å². The molecule has 5 heteroatoms. The van der Waals surface area contributed by atoms with Gasteiger partial charge in [-0.2, -0.15) is 5.26 Å². The third-order valence-electron chi connectivity index (χ3n) is 5.64. The van der Waals surface area contributed by atoms with Crippen molar-refractivity contribution in [1.82, 2.24) is 4.98 Å². The van der Waals surface area contributed by atoms with Crippen molar-refractivity contribution in [3.8, 4) is 6.07 Å². The number of rotatable bonds is 5. The molecular weight excluding hydrogens is 328 g/mol. The van der Waals surface area contributed by atoms with Gasteiger partial charge in [-0.05, 0) is 43.4 Å². The van der Waals surface area contributed by atoms with E-state index in [2.05, 4.69) is 24.9 Å². The van der Waals surface area contributed by atoms with E-state index in [1.165, 1.54) is 0 Å². The van der Waals surface area contributed by atoms with Crippen LogP contribution in [0.25, 0.3) is 10.9 Å². The van der Waals surface area contributed by atoms with Crippen molar-refractivity contribution in [2.75, 3.05) is 13.2 Å². The van der Waals surface area contributed by atoms with Crippen LogP contribution in [0.3, 0.4) is 0 Å². The fourth-order valence-electron chi connectivity index (χ4n) is 4.08. The number of aromatic amines is 1. The molecule has 1 unspecified atom stereocenters. The highest BCUT2D eigenvalue weighted by Gasteiger charge is 2.46. The van der Waals surface area contributed by atoms with Crippen LogP contribution in [0.5, 0.6) is 0 Å². The molecule has 138 valence electrons. The average molecular weight is 354 g/mol. The quantitative estimate of drug-likeness (QED) is 0.820. The van der Waals surface area contributed by atoms with Crippen molar-refractivity contribution in [1.29, 1.82) is 5.26 Å². The van der Waals surface area contributed by atoms with E-state index in [0.717, 1.165) is 40.6 Å². The topological polar surface area (TPSA) is 75.1 Å². The second kappa shape index (κ2) is 7.13. The van der Waals surface area contributed by atoms with Gasteiger partial charge in [0.25, 0.3) is 0 Å². The zero-order valence-corrected chi connectivity index (χ0v) is 15.9. The molecule has 2 heterocycles. The predicted molar refractivity (Wildman–Crippen MR) is 99.8 cm³/mol. The Hall–Kier alpha value is -2.32. The molecule has 0 fully saturated rings. The lowest BCUT2D eigenvalue weighted by atomic mass is 9.77.